The van der Waals surface area contributed by atoms with Gasteiger partial charge in [-0.3, -0.25) is 4.79 Å². The van der Waals surface area contributed by atoms with Crippen LogP contribution >= 0.6 is 0 Å². The molecule has 1 heterocycles. The number of rotatable bonds is 2. The molecule has 3 N–H and O–H groups in total. The van der Waals surface area contributed by atoms with E-state index < -0.39 is 5.91 Å². The second-order valence-corrected chi connectivity index (χ2v) is 3.04. The molecule has 0 bridgehead atoms. The Morgan fingerprint density at radius 2 is 2.12 bits per heavy atom. The maximum Gasteiger partial charge on any atom is 0.260 e. The number of hydrogen-bond donors (Lipinski definition) is 3. The van der Waals surface area contributed by atoms with E-state index in [2.05, 4.69) is 15.0 Å². The Morgan fingerprint density at radius 3 is 2.75 bits per heavy atom. The Kier molecular flexibility index (Phi) is 2.47. The Bertz CT molecular complexity index is 508. The number of carbonyl (C=O) groups is 1. The molecule has 0 aliphatic heterocycles. The first-order chi connectivity index (χ1) is 7.66. The van der Waals surface area contributed by atoms with Crippen molar-refractivity contribution in [3.63, 3.8) is 0 Å². The smallest absolute Gasteiger partial charge is 0.260 e. The largest absolute Gasteiger partial charge is 0.508 e. The second kappa shape index (κ2) is 3.93. The first kappa shape index (κ1) is 10.0. The maximum absolute atomic E-state index is 11.6. The van der Waals surface area contributed by atoms with Gasteiger partial charge >= 0.3 is 0 Å². The molecular formula is C10H8N2O4. The normalized spacial score (nSPS) is 10.0. The van der Waals surface area contributed by atoms with Crippen molar-refractivity contribution < 1.29 is 19.5 Å². The zero-order valence-corrected chi connectivity index (χ0v) is 8.04. The monoisotopic (exact) mass is 220 g/mol. The zero-order valence-electron chi connectivity index (χ0n) is 8.04. The number of nitrogens with one attached hydrogen (secondary N) is 1. The highest BCUT2D eigenvalue weighted by molar-refractivity contribution is 6.05. The number of phenols is 2. The van der Waals surface area contributed by atoms with Crippen molar-refractivity contribution in [2.75, 3.05) is 5.32 Å². The van der Waals surface area contributed by atoms with Crippen LogP contribution in [0.25, 0.3) is 0 Å². The van der Waals surface area contributed by atoms with Crippen LogP contribution in [0.4, 0.5) is 5.82 Å². The molecule has 0 fully saturated rings. The molecule has 0 saturated heterocycles. The molecule has 0 unspecified atom stereocenters. The predicted molar refractivity (Wildman–Crippen MR) is 54.2 cm³/mol. The molecule has 0 aliphatic carbocycles. The molecule has 1 aromatic carbocycles. The SMILES string of the molecule is O=C(Nc1ccon1)c1ccc(O)cc1O. The average Bonchev–Trinajstić information content (AvgIpc) is 2.70. The summed E-state index contributed by atoms with van der Waals surface area (Å²) in [6.07, 6.45) is 1.31. The van der Waals surface area contributed by atoms with Crippen molar-refractivity contribution in [3.8, 4) is 11.5 Å². The highest BCUT2D eigenvalue weighted by Gasteiger charge is 2.12. The highest BCUT2D eigenvalue weighted by Crippen LogP contribution is 2.23. The van der Waals surface area contributed by atoms with E-state index in [1.165, 1.54) is 24.5 Å². The molecule has 0 saturated carbocycles. The Morgan fingerprint density at radius 1 is 1.31 bits per heavy atom. The fourth-order valence-corrected chi connectivity index (χ4v) is 1.17. The lowest BCUT2D eigenvalue weighted by Gasteiger charge is -2.04. The molecule has 2 rings (SSSR count). The fourth-order valence-electron chi connectivity index (χ4n) is 1.17. The minimum absolute atomic E-state index is 0.0424. The van der Waals surface area contributed by atoms with Gasteiger partial charge in [-0.05, 0) is 12.1 Å². The van der Waals surface area contributed by atoms with Gasteiger partial charge in [-0.2, -0.15) is 0 Å². The lowest BCUT2D eigenvalue weighted by molar-refractivity contribution is 0.102. The molecule has 0 spiro atoms. The van der Waals surface area contributed by atoms with E-state index in [-0.39, 0.29) is 22.9 Å². The lowest BCUT2D eigenvalue weighted by atomic mass is 10.2. The topological polar surface area (TPSA) is 95.6 Å². The standard InChI is InChI=1S/C10H8N2O4/c13-6-1-2-7(8(14)5-6)10(15)11-9-3-4-16-12-9/h1-5,13-14H,(H,11,12,15). The molecule has 82 valence electrons. The van der Waals surface area contributed by atoms with Crippen molar-refractivity contribution in [2.45, 2.75) is 0 Å². The predicted octanol–water partition coefficient (Wildman–Crippen LogP) is 1.34. The van der Waals surface area contributed by atoms with E-state index in [1.807, 2.05) is 0 Å². The van der Waals surface area contributed by atoms with E-state index in [0.717, 1.165) is 6.07 Å². The third-order valence-electron chi connectivity index (χ3n) is 1.91. The first-order valence-electron chi connectivity index (χ1n) is 4.40. The molecule has 16 heavy (non-hydrogen) atoms. The van der Waals surface area contributed by atoms with Crippen LogP contribution in [0.1, 0.15) is 10.4 Å². The molecular weight excluding hydrogens is 212 g/mol. The summed E-state index contributed by atoms with van der Waals surface area (Å²) in [7, 11) is 0. The van der Waals surface area contributed by atoms with E-state index in [4.69, 9.17) is 5.11 Å². The van der Waals surface area contributed by atoms with Crippen LogP contribution in [0.15, 0.2) is 35.1 Å². The van der Waals surface area contributed by atoms with Gasteiger partial charge in [0.15, 0.2) is 5.82 Å². The van der Waals surface area contributed by atoms with Gasteiger partial charge in [-0.15, -0.1) is 0 Å². The zero-order chi connectivity index (χ0) is 11.5. The van der Waals surface area contributed by atoms with Gasteiger partial charge in [0.1, 0.15) is 17.8 Å². The third-order valence-corrected chi connectivity index (χ3v) is 1.91. The third kappa shape index (κ3) is 1.95. The summed E-state index contributed by atoms with van der Waals surface area (Å²) in [5.41, 5.74) is 0.0424. The summed E-state index contributed by atoms with van der Waals surface area (Å²) in [6, 6.07) is 5.16. The molecule has 0 radical (unpaired) electrons. The van der Waals surface area contributed by atoms with Gasteiger partial charge < -0.3 is 20.1 Å². The number of carbonyl (C=O) groups excluding carboxylic acids is 1. The van der Waals surface area contributed by atoms with Gasteiger partial charge in [0.2, 0.25) is 0 Å². The van der Waals surface area contributed by atoms with Gasteiger partial charge in [-0.25, -0.2) is 0 Å². The van der Waals surface area contributed by atoms with Crippen molar-refractivity contribution in [3.05, 3.63) is 36.1 Å². The molecule has 1 amide bonds. The molecule has 6 heteroatoms. The summed E-state index contributed by atoms with van der Waals surface area (Å²) >= 11 is 0. The Balaban J connectivity index is 2.21. The summed E-state index contributed by atoms with van der Waals surface area (Å²) in [5, 5.41) is 24.4. The minimum Gasteiger partial charge on any atom is -0.508 e. The Labute approximate surface area is 90.1 Å². The number of benzene rings is 1. The summed E-state index contributed by atoms with van der Waals surface area (Å²) in [4.78, 5) is 11.6. The molecule has 0 aliphatic rings. The van der Waals surface area contributed by atoms with Crippen LogP contribution in [0.5, 0.6) is 11.5 Å². The number of hydrogen-bond acceptors (Lipinski definition) is 5. The summed E-state index contributed by atoms with van der Waals surface area (Å²) < 4.78 is 4.53. The van der Waals surface area contributed by atoms with Crippen LogP contribution < -0.4 is 5.32 Å². The number of aromatic nitrogens is 1. The quantitative estimate of drug-likeness (QED) is 0.709. The lowest BCUT2D eigenvalue weighted by Crippen LogP contribution is -2.12. The van der Waals surface area contributed by atoms with Crippen molar-refractivity contribution in [1.29, 1.82) is 0 Å². The number of anilines is 1. The van der Waals surface area contributed by atoms with Crippen molar-refractivity contribution in [2.24, 2.45) is 0 Å². The van der Waals surface area contributed by atoms with Gasteiger partial charge in [0.05, 0.1) is 5.56 Å². The number of amides is 1. The highest BCUT2D eigenvalue weighted by atomic mass is 16.5. The fraction of sp³-hybridized carbons (Fsp3) is 0. The summed E-state index contributed by atoms with van der Waals surface area (Å²) in [6.45, 7) is 0. The number of nitrogens with zero attached hydrogens (tertiary/aromatic N) is 1. The molecule has 6 nitrogen and oxygen atoms in total. The Hall–Kier alpha value is -2.50. The van der Waals surface area contributed by atoms with Crippen LogP contribution in [-0.2, 0) is 0 Å². The number of aromatic hydroxyl groups is 2. The molecule has 1 aromatic heterocycles. The second-order valence-electron chi connectivity index (χ2n) is 3.04. The maximum atomic E-state index is 11.6. The summed E-state index contributed by atoms with van der Waals surface area (Å²) in [5.74, 6) is -0.708. The van der Waals surface area contributed by atoms with Gasteiger partial charge in [0.25, 0.3) is 5.91 Å². The van der Waals surface area contributed by atoms with Crippen LogP contribution in [0.2, 0.25) is 0 Å². The van der Waals surface area contributed by atoms with E-state index >= 15 is 0 Å². The van der Waals surface area contributed by atoms with Crippen molar-refractivity contribution in [1.82, 2.24) is 5.16 Å². The number of phenolic OH excluding ortho intramolecular Hbond substituents is 2. The van der Waals surface area contributed by atoms with E-state index in [9.17, 15) is 9.90 Å². The molecule has 0 atom stereocenters. The average molecular weight is 220 g/mol. The van der Waals surface area contributed by atoms with Crippen molar-refractivity contribution >= 4 is 11.7 Å². The molecule has 2 aromatic rings. The van der Waals surface area contributed by atoms with Crippen LogP contribution in [0.3, 0.4) is 0 Å². The van der Waals surface area contributed by atoms with E-state index in [1.54, 1.807) is 0 Å². The van der Waals surface area contributed by atoms with Gasteiger partial charge in [0, 0.05) is 12.1 Å². The first-order valence-corrected chi connectivity index (χ1v) is 4.40. The van der Waals surface area contributed by atoms with Crippen LogP contribution in [-0.4, -0.2) is 21.3 Å². The van der Waals surface area contributed by atoms with E-state index in [0.29, 0.717) is 0 Å². The van der Waals surface area contributed by atoms with Gasteiger partial charge in [-0.1, -0.05) is 5.16 Å². The minimum atomic E-state index is -0.536. The van der Waals surface area contributed by atoms with Crippen LogP contribution in [0, 0.1) is 0 Å².